The lowest BCUT2D eigenvalue weighted by Gasteiger charge is -2.24. The van der Waals surface area contributed by atoms with Gasteiger partial charge in [0.05, 0.1) is 6.54 Å². The minimum absolute atomic E-state index is 0.366. The van der Waals surface area contributed by atoms with Crippen molar-refractivity contribution >= 4 is 20.2 Å². The van der Waals surface area contributed by atoms with Crippen LogP contribution in [0.2, 0.25) is 0 Å². The summed E-state index contributed by atoms with van der Waals surface area (Å²) >= 11 is 0. The maximum absolute atomic E-state index is 11.5. The second kappa shape index (κ2) is 6.99. The Bertz CT molecular complexity index is 308. The van der Waals surface area contributed by atoms with Crippen molar-refractivity contribution in [1.29, 1.82) is 0 Å². The van der Waals surface area contributed by atoms with Crippen LogP contribution < -0.4 is 5.73 Å². The van der Waals surface area contributed by atoms with E-state index in [-0.39, 0.29) is 6.09 Å². The van der Waals surface area contributed by atoms with Gasteiger partial charge in [-0.05, 0) is 27.0 Å². The summed E-state index contributed by atoms with van der Waals surface area (Å²) in [5.74, 6) is 0. The third kappa shape index (κ3) is 8.36. The van der Waals surface area contributed by atoms with Crippen molar-refractivity contribution in [2.75, 3.05) is 20.1 Å². The van der Waals surface area contributed by atoms with Gasteiger partial charge in [0, 0.05) is 19.8 Å². The third-order valence-corrected chi connectivity index (χ3v) is 1.70. The number of rotatable bonds is 4. The highest BCUT2D eigenvalue weighted by Gasteiger charge is 2.18. The molecule has 5 nitrogen and oxygen atoms in total. The first-order valence-corrected chi connectivity index (χ1v) is 5.37. The number of likely N-dealkylation sites (N-methyl/N-ethyl adjacent to an activating group) is 1. The number of aliphatic imine (C=N–C) groups is 1. The highest BCUT2D eigenvalue weighted by molar-refractivity contribution is 6.32. The van der Waals surface area contributed by atoms with E-state index >= 15 is 0 Å². The average Bonchev–Trinajstić information content (AvgIpc) is 2.21. The molecule has 17 heavy (non-hydrogen) atoms. The summed E-state index contributed by atoms with van der Waals surface area (Å²) in [5, 5.41) is 0. The maximum atomic E-state index is 11.5. The summed E-state index contributed by atoms with van der Waals surface area (Å²) in [6, 6.07) is 0. The Morgan fingerprint density at radius 1 is 1.53 bits per heavy atom. The van der Waals surface area contributed by atoms with E-state index in [2.05, 4.69) is 4.99 Å². The quantitative estimate of drug-likeness (QED) is 0.583. The van der Waals surface area contributed by atoms with Crippen molar-refractivity contribution in [3.8, 4) is 0 Å². The van der Waals surface area contributed by atoms with Crippen LogP contribution in [0, 0.1) is 0 Å². The third-order valence-electron chi connectivity index (χ3n) is 1.70. The van der Waals surface area contributed by atoms with Gasteiger partial charge >= 0.3 is 6.09 Å². The summed E-state index contributed by atoms with van der Waals surface area (Å²) in [4.78, 5) is 17.0. The summed E-state index contributed by atoms with van der Waals surface area (Å²) < 4.78 is 5.18. The van der Waals surface area contributed by atoms with Crippen molar-refractivity contribution in [3.05, 3.63) is 11.7 Å². The number of nitrogens with two attached hydrogens (primary N) is 1. The molecule has 0 unspecified atom stereocenters. The number of hydrogen-bond donors (Lipinski definition) is 1. The van der Waals surface area contributed by atoms with Gasteiger partial charge in [0.1, 0.15) is 13.4 Å². The molecule has 94 valence electrons. The van der Waals surface area contributed by atoms with Crippen molar-refractivity contribution in [2.24, 2.45) is 10.7 Å². The fourth-order valence-corrected chi connectivity index (χ4v) is 0.852. The molecule has 2 N–H and O–H groups in total. The second-order valence-electron chi connectivity index (χ2n) is 4.60. The van der Waals surface area contributed by atoms with Gasteiger partial charge in [0.2, 0.25) is 0 Å². The van der Waals surface area contributed by atoms with Crippen LogP contribution in [0.5, 0.6) is 0 Å². The topological polar surface area (TPSA) is 67.9 Å². The van der Waals surface area contributed by atoms with Crippen LogP contribution in [-0.2, 0) is 4.74 Å². The molecular formula is C11H20BN3O2. The lowest BCUT2D eigenvalue weighted by Crippen LogP contribution is -2.35. The number of ether oxygens (including phenoxy) is 1. The van der Waals surface area contributed by atoms with E-state index in [1.807, 2.05) is 20.8 Å². The molecule has 0 spiro atoms. The zero-order chi connectivity index (χ0) is 13.5. The SMILES string of the molecule is [B]/C(C=NCCN(C)C(=O)OC(C)(C)C)=C/N. The van der Waals surface area contributed by atoms with Crippen LogP contribution in [0.15, 0.2) is 16.7 Å². The summed E-state index contributed by atoms with van der Waals surface area (Å²) in [6.45, 7) is 6.38. The molecular weight excluding hydrogens is 217 g/mol. The molecule has 0 aromatic heterocycles. The normalized spacial score (nSPS) is 12.8. The molecule has 0 aromatic carbocycles. The fourth-order valence-electron chi connectivity index (χ4n) is 0.852. The number of amides is 1. The van der Waals surface area contributed by atoms with Gasteiger partial charge in [-0.15, -0.1) is 0 Å². The number of allylic oxidation sites excluding steroid dienone is 1. The van der Waals surface area contributed by atoms with E-state index in [1.165, 1.54) is 17.3 Å². The van der Waals surface area contributed by atoms with Gasteiger partial charge in [-0.25, -0.2) is 4.79 Å². The lowest BCUT2D eigenvalue weighted by molar-refractivity contribution is 0.0304. The standard InChI is InChI=1S/C11H20BN3O2/c1-11(2,3)17-10(16)15(4)6-5-14-8-9(12)7-13/h7-8H,5-6,13H2,1-4H3/b9-7+,14-8?. The monoisotopic (exact) mass is 237 g/mol. The Morgan fingerprint density at radius 2 is 2.12 bits per heavy atom. The highest BCUT2D eigenvalue weighted by Crippen LogP contribution is 2.08. The molecule has 0 aliphatic carbocycles. The largest absolute Gasteiger partial charge is 0.444 e. The average molecular weight is 237 g/mol. The zero-order valence-corrected chi connectivity index (χ0v) is 10.9. The first-order valence-electron chi connectivity index (χ1n) is 5.37. The van der Waals surface area contributed by atoms with Crippen molar-refractivity contribution in [3.63, 3.8) is 0 Å². The first-order chi connectivity index (χ1) is 7.76. The molecule has 0 heterocycles. The molecule has 0 bridgehead atoms. The number of carbonyl (C=O) groups is 1. The molecule has 2 radical (unpaired) electrons. The van der Waals surface area contributed by atoms with Crippen LogP contribution in [0.1, 0.15) is 20.8 Å². The van der Waals surface area contributed by atoms with Crippen LogP contribution in [0.25, 0.3) is 0 Å². The maximum Gasteiger partial charge on any atom is 0.410 e. The Kier molecular flexibility index (Phi) is 6.39. The van der Waals surface area contributed by atoms with Crippen molar-refractivity contribution in [1.82, 2.24) is 4.90 Å². The second-order valence-corrected chi connectivity index (χ2v) is 4.60. The zero-order valence-electron chi connectivity index (χ0n) is 10.9. The molecule has 0 aliphatic heterocycles. The predicted octanol–water partition coefficient (Wildman–Crippen LogP) is 0.893. The van der Waals surface area contributed by atoms with Crippen molar-refractivity contribution < 1.29 is 9.53 Å². The molecule has 0 saturated heterocycles. The van der Waals surface area contributed by atoms with E-state index in [4.69, 9.17) is 18.3 Å². The summed E-state index contributed by atoms with van der Waals surface area (Å²) in [6.07, 6.45) is 2.36. The fraction of sp³-hybridized carbons (Fsp3) is 0.636. The van der Waals surface area contributed by atoms with E-state index in [9.17, 15) is 4.79 Å². The van der Waals surface area contributed by atoms with Gasteiger partial charge < -0.3 is 15.4 Å². The van der Waals surface area contributed by atoms with Gasteiger partial charge in [-0.1, -0.05) is 5.47 Å². The molecule has 0 saturated carbocycles. The van der Waals surface area contributed by atoms with Crippen molar-refractivity contribution in [2.45, 2.75) is 26.4 Å². The minimum atomic E-state index is -0.485. The summed E-state index contributed by atoms with van der Waals surface area (Å²) in [5.41, 5.74) is 5.08. The lowest BCUT2D eigenvalue weighted by atomic mass is 9.99. The minimum Gasteiger partial charge on any atom is -0.444 e. The smallest absolute Gasteiger partial charge is 0.410 e. The molecule has 6 heteroatoms. The van der Waals surface area contributed by atoms with Crippen LogP contribution >= 0.6 is 0 Å². The predicted molar refractivity (Wildman–Crippen MR) is 70.2 cm³/mol. The Labute approximate surface area is 104 Å². The molecule has 0 aromatic rings. The molecule has 1 amide bonds. The Morgan fingerprint density at radius 3 is 2.59 bits per heavy atom. The highest BCUT2D eigenvalue weighted by atomic mass is 16.6. The Balaban J connectivity index is 3.99. The van der Waals surface area contributed by atoms with Crippen LogP contribution in [-0.4, -0.2) is 50.8 Å². The van der Waals surface area contributed by atoms with Crippen LogP contribution in [0.3, 0.4) is 0 Å². The van der Waals surface area contributed by atoms with E-state index in [0.717, 1.165) is 0 Å². The molecule has 0 fully saturated rings. The van der Waals surface area contributed by atoms with E-state index in [1.54, 1.807) is 7.05 Å². The number of hydrogen-bond acceptors (Lipinski definition) is 4. The Hall–Kier alpha value is -1.46. The number of carbonyl (C=O) groups excluding carboxylic acids is 1. The van der Waals surface area contributed by atoms with Gasteiger partial charge in [0.15, 0.2) is 0 Å². The van der Waals surface area contributed by atoms with Gasteiger partial charge in [0.25, 0.3) is 0 Å². The van der Waals surface area contributed by atoms with E-state index in [0.29, 0.717) is 18.6 Å². The number of nitrogens with zero attached hydrogens (tertiary/aromatic N) is 2. The van der Waals surface area contributed by atoms with Crippen LogP contribution in [0.4, 0.5) is 4.79 Å². The van der Waals surface area contributed by atoms with E-state index < -0.39 is 5.60 Å². The van der Waals surface area contributed by atoms with Gasteiger partial charge in [-0.3, -0.25) is 4.99 Å². The summed E-state index contributed by atoms with van der Waals surface area (Å²) in [7, 11) is 7.07. The molecule has 0 aliphatic rings. The molecule has 0 rings (SSSR count). The molecule has 0 atom stereocenters. The first kappa shape index (κ1) is 15.5. The van der Waals surface area contributed by atoms with Gasteiger partial charge in [-0.2, -0.15) is 0 Å².